The second kappa shape index (κ2) is 2.86. The van der Waals surface area contributed by atoms with Crippen molar-refractivity contribution >= 4 is 0 Å². The zero-order chi connectivity index (χ0) is 8.39. The minimum absolute atomic E-state index is 1.21. The van der Waals surface area contributed by atoms with Crippen molar-refractivity contribution in [2.24, 2.45) is 0 Å². The van der Waals surface area contributed by atoms with Gasteiger partial charge in [0, 0.05) is 18.1 Å². The molecule has 0 aliphatic rings. The molecule has 0 atom stereocenters. The van der Waals surface area contributed by atoms with E-state index in [4.69, 9.17) is 0 Å². The van der Waals surface area contributed by atoms with Crippen LogP contribution in [0.2, 0.25) is 0 Å². The topological polar surface area (TPSA) is 4.93 Å². The molecule has 0 unspecified atom stereocenters. The summed E-state index contributed by atoms with van der Waals surface area (Å²) in [6, 6.07) is 12.4. The van der Waals surface area contributed by atoms with Gasteiger partial charge in [-0.2, -0.15) is 0 Å². The number of para-hydroxylation sites is 1. The molecule has 0 aliphatic heterocycles. The quantitative estimate of drug-likeness (QED) is 0.600. The molecule has 0 amide bonds. The highest BCUT2D eigenvalue weighted by atomic mass is 14.9. The summed E-state index contributed by atoms with van der Waals surface area (Å²) in [4.78, 5) is 0. The summed E-state index contributed by atoms with van der Waals surface area (Å²) in [6.45, 7) is 2.10. The number of hydrogen-bond donors (Lipinski definition) is 0. The molecule has 12 heavy (non-hydrogen) atoms. The Hall–Kier alpha value is -1.50. The number of benzene rings is 1. The molecule has 1 aromatic heterocycles. The maximum atomic E-state index is 2.12. The van der Waals surface area contributed by atoms with Gasteiger partial charge in [0.1, 0.15) is 0 Å². The van der Waals surface area contributed by atoms with Gasteiger partial charge in [-0.25, -0.2) is 0 Å². The second-order valence-electron chi connectivity index (χ2n) is 2.93. The molecule has 0 saturated carbocycles. The van der Waals surface area contributed by atoms with Gasteiger partial charge >= 0.3 is 0 Å². The van der Waals surface area contributed by atoms with Crippen LogP contribution < -0.4 is 0 Å². The van der Waals surface area contributed by atoms with E-state index in [1.807, 2.05) is 18.2 Å². The number of aromatic nitrogens is 1. The first-order chi connectivity index (χ1) is 5.86. The van der Waals surface area contributed by atoms with Crippen LogP contribution in [-0.2, 0) is 0 Å². The van der Waals surface area contributed by atoms with Crippen molar-refractivity contribution < 1.29 is 0 Å². The molecule has 0 bridgehead atoms. The Morgan fingerprint density at radius 1 is 1.00 bits per heavy atom. The zero-order valence-corrected chi connectivity index (χ0v) is 7.07. The first kappa shape index (κ1) is 7.17. The van der Waals surface area contributed by atoms with Crippen LogP contribution in [0, 0.1) is 6.92 Å². The van der Waals surface area contributed by atoms with E-state index < -0.39 is 0 Å². The second-order valence-corrected chi connectivity index (χ2v) is 2.93. The Bertz CT molecular complexity index is 360. The number of hydrogen-bond acceptors (Lipinski definition) is 0. The third-order valence-corrected chi connectivity index (χ3v) is 1.90. The molecule has 2 aromatic rings. The summed E-state index contributed by atoms with van der Waals surface area (Å²) in [5.41, 5.74) is 2.50. The van der Waals surface area contributed by atoms with Crippen LogP contribution in [-0.4, -0.2) is 4.57 Å². The van der Waals surface area contributed by atoms with Gasteiger partial charge in [-0.05, 0) is 30.7 Å². The molecule has 0 spiro atoms. The van der Waals surface area contributed by atoms with Crippen LogP contribution in [0.1, 0.15) is 5.56 Å². The van der Waals surface area contributed by atoms with E-state index >= 15 is 0 Å². The fourth-order valence-electron chi connectivity index (χ4n) is 1.26. The first-order valence-electron chi connectivity index (χ1n) is 4.06. The highest BCUT2D eigenvalue weighted by molar-refractivity contribution is 5.33. The average Bonchev–Trinajstić information content (AvgIpc) is 2.54. The van der Waals surface area contributed by atoms with Crippen LogP contribution in [0.4, 0.5) is 0 Å². The van der Waals surface area contributed by atoms with Crippen molar-refractivity contribution in [2.75, 3.05) is 0 Å². The lowest BCUT2D eigenvalue weighted by atomic mass is 10.3. The SMILES string of the molecule is Cc1ccn(-c2ccccc2)c1. The molecule has 1 nitrogen and oxygen atoms in total. The van der Waals surface area contributed by atoms with Crippen molar-refractivity contribution in [2.45, 2.75) is 6.92 Å². The lowest BCUT2D eigenvalue weighted by Gasteiger charge is -2.00. The van der Waals surface area contributed by atoms with Gasteiger partial charge in [0.15, 0.2) is 0 Å². The highest BCUT2D eigenvalue weighted by Gasteiger charge is 1.92. The third-order valence-electron chi connectivity index (χ3n) is 1.90. The molecule has 60 valence electrons. The van der Waals surface area contributed by atoms with Gasteiger partial charge in [0.05, 0.1) is 0 Å². The van der Waals surface area contributed by atoms with Crippen molar-refractivity contribution in [1.29, 1.82) is 0 Å². The summed E-state index contributed by atoms with van der Waals surface area (Å²) >= 11 is 0. The van der Waals surface area contributed by atoms with E-state index in [-0.39, 0.29) is 0 Å². The molecule has 0 fully saturated rings. The lowest BCUT2D eigenvalue weighted by Crippen LogP contribution is -1.87. The van der Waals surface area contributed by atoms with Crippen molar-refractivity contribution in [3.05, 3.63) is 54.4 Å². The first-order valence-corrected chi connectivity index (χ1v) is 4.06. The average molecular weight is 157 g/mol. The third kappa shape index (κ3) is 1.26. The zero-order valence-electron chi connectivity index (χ0n) is 7.07. The Morgan fingerprint density at radius 2 is 1.75 bits per heavy atom. The molecule has 0 N–H and O–H groups in total. The van der Waals surface area contributed by atoms with Gasteiger partial charge in [-0.15, -0.1) is 0 Å². The molecular formula is C11H11N. The van der Waals surface area contributed by atoms with Gasteiger partial charge in [0.2, 0.25) is 0 Å². The standard InChI is InChI=1S/C11H11N/c1-10-7-8-12(9-10)11-5-3-2-4-6-11/h2-9H,1H3. The van der Waals surface area contributed by atoms with E-state index in [1.165, 1.54) is 11.3 Å². The minimum Gasteiger partial charge on any atom is -0.324 e. The molecule has 1 heterocycles. The molecule has 0 saturated heterocycles. The van der Waals surface area contributed by atoms with E-state index in [0.717, 1.165) is 0 Å². The van der Waals surface area contributed by atoms with Crippen LogP contribution in [0.3, 0.4) is 0 Å². The monoisotopic (exact) mass is 157 g/mol. The van der Waals surface area contributed by atoms with Crippen molar-refractivity contribution in [3.8, 4) is 5.69 Å². The normalized spacial score (nSPS) is 10.1. The molecular weight excluding hydrogens is 146 g/mol. The maximum Gasteiger partial charge on any atom is 0.0449 e. The molecule has 1 heteroatoms. The summed E-state index contributed by atoms with van der Waals surface area (Å²) < 4.78 is 2.12. The fraction of sp³-hybridized carbons (Fsp3) is 0.0909. The largest absolute Gasteiger partial charge is 0.324 e. The lowest BCUT2D eigenvalue weighted by molar-refractivity contribution is 1.08. The van der Waals surface area contributed by atoms with Crippen molar-refractivity contribution in [3.63, 3.8) is 0 Å². The van der Waals surface area contributed by atoms with E-state index in [1.54, 1.807) is 0 Å². The Labute approximate surface area is 72.3 Å². The molecule has 1 aromatic carbocycles. The summed E-state index contributed by atoms with van der Waals surface area (Å²) in [7, 11) is 0. The van der Waals surface area contributed by atoms with Crippen LogP contribution in [0.5, 0.6) is 0 Å². The van der Waals surface area contributed by atoms with Crippen molar-refractivity contribution in [1.82, 2.24) is 4.57 Å². The number of rotatable bonds is 1. The molecule has 0 aliphatic carbocycles. The Morgan fingerprint density at radius 3 is 2.33 bits per heavy atom. The van der Waals surface area contributed by atoms with E-state index in [0.29, 0.717) is 0 Å². The van der Waals surface area contributed by atoms with Gasteiger partial charge in [-0.1, -0.05) is 18.2 Å². The highest BCUT2D eigenvalue weighted by Crippen LogP contribution is 2.08. The fourth-order valence-corrected chi connectivity index (χ4v) is 1.26. The summed E-state index contributed by atoms with van der Waals surface area (Å²) in [5, 5.41) is 0. The number of aryl methyl sites for hydroxylation is 1. The van der Waals surface area contributed by atoms with Gasteiger partial charge < -0.3 is 4.57 Å². The Kier molecular flexibility index (Phi) is 1.71. The van der Waals surface area contributed by atoms with Crippen LogP contribution >= 0.6 is 0 Å². The predicted molar refractivity (Wildman–Crippen MR) is 50.5 cm³/mol. The molecule has 2 rings (SSSR count). The number of nitrogens with zero attached hydrogens (tertiary/aromatic N) is 1. The van der Waals surface area contributed by atoms with E-state index in [2.05, 4.69) is 42.1 Å². The van der Waals surface area contributed by atoms with Crippen LogP contribution in [0.25, 0.3) is 5.69 Å². The van der Waals surface area contributed by atoms with Gasteiger partial charge in [-0.3, -0.25) is 0 Å². The predicted octanol–water partition coefficient (Wildman–Crippen LogP) is 2.79. The maximum absolute atomic E-state index is 2.12. The van der Waals surface area contributed by atoms with E-state index in [9.17, 15) is 0 Å². The summed E-state index contributed by atoms with van der Waals surface area (Å²) in [5.74, 6) is 0. The minimum atomic E-state index is 1.21. The van der Waals surface area contributed by atoms with Gasteiger partial charge in [0.25, 0.3) is 0 Å². The molecule has 0 radical (unpaired) electrons. The smallest absolute Gasteiger partial charge is 0.0449 e. The van der Waals surface area contributed by atoms with Crippen LogP contribution in [0.15, 0.2) is 48.8 Å². The summed E-state index contributed by atoms with van der Waals surface area (Å²) in [6.07, 6.45) is 4.19. The Balaban J connectivity index is 2.45.